The highest BCUT2D eigenvalue weighted by Crippen LogP contribution is 2.32. The minimum Gasteiger partial charge on any atom is -0.497 e. The van der Waals surface area contributed by atoms with Crippen molar-refractivity contribution >= 4 is 5.97 Å². The molecule has 1 aromatic rings. The summed E-state index contributed by atoms with van der Waals surface area (Å²) in [5, 5.41) is 12.5. The van der Waals surface area contributed by atoms with Crippen molar-refractivity contribution in [3.05, 3.63) is 29.8 Å². The van der Waals surface area contributed by atoms with Crippen LogP contribution in [0.25, 0.3) is 0 Å². The van der Waals surface area contributed by atoms with Gasteiger partial charge in [0.05, 0.1) is 7.11 Å². The van der Waals surface area contributed by atoms with Crippen LogP contribution < -0.4 is 10.1 Å². The second-order valence-corrected chi connectivity index (χ2v) is 4.04. The van der Waals surface area contributed by atoms with Crippen LogP contribution in [-0.2, 0) is 10.2 Å². The molecule has 4 heteroatoms. The Hall–Kier alpha value is -1.55. The fourth-order valence-electron chi connectivity index (χ4n) is 2.15. The van der Waals surface area contributed by atoms with Crippen molar-refractivity contribution in [2.45, 2.75) is 11.8 Å². The van der Waals surface area contributed by atoms with Gasteiger partial charge in [-0.05, 0) is 30.7 Å². The normalized spacial score (nSPS) is 24.3. The lowest BCUT2D eigenvalue weighted by molar-refractivity contribution is -0.143. The highest BCUT2D eigenvalue weighted by Gasteiger charge is 2.42. The molecule has 16 heavy (non-hydrogen) atoms. The first-order valence-electron chi connectivity index (χ1n) is 5.28. The highest BCUT2D eigenvalue weighted by atomic mass is 16.5. The van der Waals surface area contributed by atoms with E-state index >= 15 is 0 Å². The minimum absolute atomic E-state index is 0.495. The molecule has 1 heterocycles. The minimum atomic E-state index is -0.772. The number of hydrogen-bond donors (Lipinski definition) is 2. The van der Waals surface area contributed by atoms with Gasteiger partial charge in [0.15, 0.2) is 0 Å². The van der Waals surface area contributed by atoms with E-state index in [1.807, 2.05) is 12.1 Å². The molecule has 1 unspecified atom stereocenters. The number of hydrogen-bond acceptors (Lipinski definition) is 3. The zero-order valence-corrected chi connectivity index (χ0v) is 9.19. The fraction of sp³-hybridized carbons (Fsp3) is 0.417. The van der Waals surface area contributed by atoms with Crippen LogP contribution in [0.5, 0.6) is 5.75 Å². The Morgan fingerprint density at radius 2 is 2.12 bits per heavy atom. The first kappa shape index (κ1) is 11.0. The summed E-state index contributed by atoms with van der Waals surface area (Å²) in [6.45, 7) is 1.24. The Labute approximate surface area is 94.2 Å². The van der Waals surface area contributed by atoms with Gasteiger partial charge in [-0.2, -0.15) is 0 Å². The molecule has 0 radical (unpaired) electrons. The van der Waals surface area contributed by atoms with E-state index in [4.69, 9.17) is 4.74 Å². The molecule has 1 saturated heterocycles. The molecule has 0 spiro atoms. The second kappa shape index (κ2) is 4.14. The number of carbonyl (C=O) groups is 1. The van der Waals surface area contributed by atoms with Gasteiger partial charge >= 0.3 is 5.97 Å². The van der Waals surface area contributed by atoms with E-state index in [0.29, 0.717) is 13.0 Å². The molecule has 1 aromatic carbocycles. The molecule has 4 nitrogen and oxygen atoms in total. The molecule has 1 aliphatic heterocycles. The Balaban J connectivity index is 2.36. The number of ether oxygens (including phenoxy) is 1. The molecule has 2 N–H and O–H groups in total. The number of benzene rings is 1. The summed E-state index contributed by atoms with van der Waals surface area (Å²) in [6.07, 6.45) is 0.634. The molecule has 0 aromatic heterocycles. The van der Waals surface area contributed by atoms with Crippen molar-refractivity contribution in [2.75, 3.05) is 20.2 Å². The third-order valence-electron chi connectivity index (χ3n) is 3.21. The summed E-state index contributed by atoms with van der Waals surface area (Å²) in [4.78, 5) is 11.4. The number of methoxy groups -OCH3 is 1. The molecule has 1 fully saturated rings. The Kier molecular flexibility index (Phi) is 2.83. The number of rotatable bonds is 3. The third-order valence-corrected chi connectivity index (χ3v) is 3.21. The molecule has 0 aliphatic carbocycles. The lowest BCUT2D eigenvalue weighted by Gasteiger charge is -2.23. The average Bonchev–Trinajstić information content (AvgIpc) is 2.79. The summed E-state index contributed by atoms with van der Waals surface area (Å²) < 4.78 is 5.06. The first-order chi connectivity index (χ1) is 7.69. The zero-order chi connectivity index (χ0) is 11.6. The summed E-state index contributed by atoms with van der Waals surface area (Å²) in [5.41, 5.74) is 0.0671. The Bertz CT molecular complexity index is 380. The van der Waals surface area contributed by atoms with E-state index in [2.05, 4.69) is 5.32 Å². The molecule has 1 aliphatic rings. The van der Waals surface area contributed by atoms with Crippen molar-refractivity contribution in [3.8, 4) is 5.75 Å². The highest BCUT2D eigenvalue weighted by molar-refractivity contribution is 5.82. The van der Waals surface area contributed by atoms with Crippen LogP contribution in [0.15, 0.2) is 24.3 Å². The van der Waals surface area contributed by atoms with Crippen LogP contribution in [0.3, 0.4) is 0 Å². The maximum atomic E-state index is 11.4. The van der Waals surface area contributed by atoms with Crippen LogP contribution in [0, 0.1) is 0 Å². The predicted octanol–water partition coefficient (Wildman–Crippen LogP) is 1.01. The fourth-order valence-corrected chi connectivity index (χ4v) is 2.15. The first-order valence-corrected chi connectivity index (χ1v) is 5.28. The Morgan fingerprint density at radius 3 is 2.56 bits per heavy atom. The summed E-state index contributed by atoms with van der Waals surface area (Å²) in [6, 6.07) is 7.27. The predicted molar refractivity (Wildman–Crippen MR) is 59.8 cm³/mol. The molecule has 1 atom stereocenters. The molecule has 0 amide bonds. The van der Waals surface area contributed by atoms with E-state index in [0.717, 1.165) is 17.9 Å². The van der Waals surface area contributed by atoms with Gasteiger partial charge in [-0.15, -0.1) is 0 Å². The van der Waals surface area contributed by atoms with Gasteiger partial charge in [-0.3, -0.25) is 4.79 Å². The lowest BCUT2D eigenvalue weighted by Crippen LogP contribution is -2.37. The van der Waals surface area contributed by atoms with Crippen LogP contribution in [0.1, 0.15) is 12.0 Å². The van der Waals surface area contributed by atoms with Gasteiger partial charge in [-0.1, -0.05) is 12.1 Å². The van der Waals surface area contributed by atoms with E-state index in [1.165, 1.54) is 0 Å². The van der Waals surface area contributed by atoms with Gasteiger partial charge in [0.1, 0.15) is 11.2 Å². The number of aliphatic carboxylic acids is 1. The molecule has 2 rings (SSSR count). The number of carboxylic acids is 1. The van der Waals surface area contributed by atoms with E-state index in [9.17, 15) is 9.90 Å². The van der Waals surface area contributed by atoms with Gasteiger partial charge in [0.2, 0.25) is 0 Å². The third kappa shape index (κ3) is 1.65. The molecule has 0 bridgehead atoms. The van der Waals surface area contributed by atoms with Gasteiger partial charge in [0.25, 0.3) is 0 Å². The number of carboxylic acid groups (broad SMARTS) is 1. The van der Waals surface area contributed by atoms with Crippen molar-refractivity contribution in [3.63, 3.8) is 0 Å². The largest absolute Gasteiger partial charge is 0.497 e. The van der Waals surface area contributed by atoms with Crippen molar-refractivity contribution in [2.24, 2.45) is 0 Å². The monoisotopic (exact) mass is 221 g/mol. The molecule has 0 saturated carbocycles. The maximum absolute atomic E-state index is 11.4. The Morgan fingerprint density at radius 1 is 1.44 bits per heavy atom. The SMILES string of the molecule is COc1ccc(C2(C(=O)O)CCNC2)cc1. The number of nitrogens with one attached hydrogen (secondary N) is 1. The maximum Gasteiger partial charge on any atom is 0.315 e. The second-order valence-electron chi connectivity index (χ2n) is 4.04. The van der Waals surface area contributed by atoms with Gasteiger partial charge in [-0.25, -0.2) is 0 Å². The van der Waals surface area contributed by atoms with E-state index in [1.54, 1.807) is 19.2 Å². The smallest absolute Gasteiger partial charge is 0.315 e. The van der Waals surface area contributed by atoms with Crippen LogP contribution in [0.2, 0.25) is 0 Å². The van der Waals surface area contributed by atoms with Crippen molar-refractivity contribution in [1.29, 1.82) is 0 Å². The topological polar surface area (TPSA) is 58.6 Å². The molecular formula is C12H15NO3. The van der Waals surface area contributed by atoms with Crippen molar-refractivity contribution < 1.29 is 14.6 Å². The van der Waals surface area contributed by atoms with Crippen LogP contribution in [-0.4, -0.2) is 31.3 Å². The molecule has 86 valence electrons. The summed E-state index contributed by atoms with van der Waals surface area (Å²) in [7, 11) is 1.60. The van der Waals surface area contributed by atoms with Crippen molar-refractivity contribution in [1.82, 2.24) is 5.32 Å². The summed E-state index contributed by atoms with van der Waals surface area (Å²) in [5.74, 6) is -0.0158. The van der Waals surface area contributed by atoms with E-state index in [-0.39, 0.29) is 0 Å². The van der Waals surface area contributed by atoms with Crippen LogP contribution in [0.4, 0.5) is 0 Å². The lowest BCUT2D eigenvalue weighted by atomic mass is 9.80. The summed E-state index contributed by atoms with van der Waals surface area (Å²) >= 11 is 0. The quantitative estimate of drug-likeness (QED) is 0.799. The molecular weight excluding hydrogens is 206 g/mol. The van der Waals surface area contributed by atoms with Crippen LogP contribution >= 0.6 is 0 Å². The average molecular weight is 221 g/mol. The van der Waals surface area contributed by atoms with Gasteiger partial charge in [0, 0.05) is 6.54 Å². The van der Waals surface area contributed by atoms with E-state index < -0.39 is 11.4 Å². The standard InChI is InChI=1S/C12H15NO3/c1-16-10-4-2-9(3-5-10)12(11(14)15)6-7-13-8-12/h2-5,13H,6-8H2,1H3,(H,14,15). The zero-order valence-electron chi connectivity index (χ0n) is 9.19. The van der Waals surface area contributed by atoms with Gasteiger partial charge < -0.3 is 15.2 Å².